The van der Waals surface area contributed by atoms with Crippen molar-refractivity contribution in [1.82, 2.24) is 5.32 Å². The molecule has 0 amide bonds. The zero-order valence-corrected chi connectivity index (χ0v) is 12.9. The summed E-state index contributed by atoms with van der Waals surface area (Å²) in [4.78, 5) is 0. The monoisotopic (exact) mass is 279 g/mol. The summed E-state index contributed by atoms with van der Waals surface area (Å²) in [6.07, 6.45) is 3.71. The predicted octanol–water partition coefficient (Wildman–Crippen LogP) is 3.16. The van der Waals surface area contributed by atoms with Crippen molar-refractivity contribution in [3.05, 3.63) is 17.7 Å². The molecule has 1 atom stereocenters. The van der Waals surface area contributed by atoms with Crippen LogP contribution < -0.4 is 19.5 Å². The summed E-state index contributed by atoms with van der Waals surface area (Å²) < 4.78 is 16.3. The molecule has 4 heteroatoms. The first-order valence-corrected chi connectivity index (χ1v) is 7.28. The van der Waals surface area contributed by atoms with Crippen molar-refractivity contribution in [2.75, 3.05) is 27.9 Å². The van der Waals surface area contributed by atoms with Crippen molar-refractivity contribution in [2.24, 2.45) is 5.92 Å². The van der Waals surface area contributed by atoms with Crippen molar-refractivity contribution in [2.45, 2.75) is 32.2 Å². The molecule has 1 N–H and O–H groups in total. The lowest BCUT2D eigenvalue weighted by Gasteiger charge is -2.21. The minimum atomic E-state index is 0.378. The highest BCUT2D eigenvalue weighted by Gasteiger charge is 2.33. The van der Waals surface area contributed by atoms with Gasteiger partial charge in [-0.05, 0) is 49.4 Å². The largest absolute Gasteiger partial charge is 0.493 e. The van der Waals surface area contributed by atoms with Crippen LogP contribution in [-0.2, 0) is 0 Å². The average Bonchev–Trinajstić information content (AvgIpc) is 3.31. The fourth-order valence-corrected chi connectivity index (χ4v) is 2.57. The molecule has 0 bridgehead atoms. The molecule has 1 unspecified atom stereocenters. The van der Waals surface area contributed by atoms with Crippen LogP contribution in [0.3, 0.4) is 0 Å². The highest BCUT2D eigenvalue weighted by Crippen LogP contribution is 2.45. The molecular weight excluding hydrogens is 254 g/mol. The van der Waals surface area contributed by atoms with Crippen molar-refractivity contribution in [1.29, 1.82) is 0 Å². The molecule has 0 saturated heterocycles. The fourth-order valence-electron chi connectivity index (χ4n) is 2.57. The summed E-state index contributed by atoms with van der Waals surface area (Å²) in [5, 5.41) is 3.64. The Hall–Kier alpha value is -1.42. The molecule has 1 aliphatic carbocycles. The second kappa shape index (κ2) is 6.84. The molecule has 1 saturated carbocycles. The second-order valence-corrected chi connectivity index (χ2v) is 5.23. The summed E-state index contributed by atoms with van der Waals surface area (Å²) in [6, 6.07) is 4.50. The summed E-state index contributed by atoms with van der Waals surface area (Å²) in [5.41, 5.74) is 1.22. The molecule has 0 heterocycles. The predicted molar refractivity (Wildman–Crippen MR) is 79.9 cm³/mol. The van der Waals surface area contributed by atoms with Gasteiger partial charge in [0.1, 0.15) is 0 Å². The Morgan fingerprint density at radius 2 is 1.70 bits per heavy atom. The van der Waals surface area contributed by atoms with E-state index in [1.54, 1.807) is 21.3 Å². The standard InChI is InChI=1S/C16H25NO3/c1-5-8-17-15(11-6-7-11)12-9-13(18-2)16(20-4)14(10-12)19-3/h9-11,15,17H,5-8H2,1-4H3. The zero-order chi connectivity index (χ0) is 14.5. The number of benzene rings is 1. The van der Waals surface area contributed by atoms with Crippen LogP contribution in [0.15, 0.2) is 12.1 Å². The third-order valence-electron chi connectivity index (χ3n) is 3.75. The highest BCUT2D eigenvalue weighted by molar-refractivity contribution is 5.54. The van der Waals surface area contributed by atoms with E-state index in [0.29, 0.717) is 11.8 Å². The van der Waals surface area contributed by atoms with Gasteiger partial charge in [0.2, 0.25) is 5.75 Å². The van der Waals surface area contributed by atoms with E-state index in [-0.39, 0.29) is 0 Å². The van der Waals surface area contributed by atoms with Crippen LogP contribution >= 0.6 is 0 Å². The normalized spacial score (nSPS) is 15.8. The maximum atomic E-state index is 5.44. The van der Waals surface area contributed by atoms with E-state index >= 15 is 0 Å². The number of rotatable bonds is 8. The third-order valence-corrected chi connectivity index (χ3v) is 3.75. The Balaban J connectivity index is 2.33. The number of methoxy groups -OCH3 is 3. The SMILES string of the molecule is CCCNC(c1cc(OC)c(OC)c(OC)c1)C1CC1. The summed E-state index contributed by atoms with van der Waals surface area (Å²) in [5.74, 6) is 2.84. The lowest BCUT2D eigenvalue weighted by atomic mass is 10.0. The quantitative estimate of drug-likeness (QED) is 0.793. The number of nitrogens with one attached hydrogen (secondary N) is 1. The van der Waals surface area contributed by atoms with Crippen LogP contribution in [0.5, 0.6) is 17.2 Å². The Morgan fingerprint density at radius 3 is 2.10 bits per heavy atom. The van der Waals surface area contributed by atoms with Crippen LogP contribution in [-0.4, -0.2) is 27.9 Å². The van der Waals surface area contributed by atoms with Gasteiger partial charge in [-0.2, -0.15) is 0 Å². The second-order valence-electron chi connectivity index (χ2n) is 5.23. The van der Waals surface area contributed by atoms with Gasteiger partial charge in [0.05, 0.1) is 21.3 Å². The Bertz CT molecular complexity index is 418. The first-order chi connectivity index (χ1) is 9.74. The van der Waals surface area contributed by atoms with E-state index < -0.39 is 0 Å². The van der Waals surface area contributed by atoms with Crippen LogP contribution in [0, 0.1) is 5.92 Å². The molecule has 4 nitrogen and oxygen atoms in total. The summed E-state index contributed by atoms with van der Waals surface area (Å²) >= 11 is 0. The van der Waals surface area contributed by atoms with E-state index in [1.807, 2.05) is 0 Å². The molecule has 0 aromatic heterocycles. The smallest absolute Gasteiger partial charge is 0.203 e. The maximum absolute atomic E-state index is 5.44. The first kappa shape index (κ1) is 15.0. The first-order valence-electron chi connectivity index (χ1n) is 7.28. The highest BCUT2D eigenvalue weighted by atomic mass is 16.5. The van der Waals surface area contributed by atoms with Gasteiger partial charge in [-0.15, -0.1) is 0 Å². The fraction of sp³-hybridized carbons (Fsp3) is 0.625. The summed E-state index contributed by atoms with van der Waals surface area (Å²) in [6.45, 7) is 3.21. The summed E-state index contributed by atoms with van der Waals surface area (Å²) in [7, 11) is 4.95. The van der Waals surface area contributed by atoms with E-state index in [0.717, 1.165) is 30.4 Å². The maximum Gasteiger partial charge on any atom is 0.203 e. The molecule has 0 aliphatic heterocycles. The minimum absolute atomic E-state index is 0.378. The molecule has 1 aromatic rings. The molecule has 1 aliphatic rings. The van der Waals surface area contributed by atoms with Crippen LogP contribution in [0.25, 0.3) is 0 Å². The van der Waals surface area contributed by atoms with E-state index in [9.17, 15) is 0 Å². The lowest BCUT2D eigenvalue weighted by Crippen LogP contribution is -2.24. The number of hydrogen-bond acceptors (Lipinski definition) is 4. The lowest BCUT2D eigenvalue weighted by molar-refractivity contribution is 0.322. The molecule has 112 valence electrons. The van der Waals surface area contributed by atoms with Gasteiger partial charge in [-0.3, -0.25) is 0 Å². The Labute approximate surface area is 121 Å². The molecule has 2 rings (SSSR count). The molecule has 1 fully saturated rings. The minimum Gasteiger partial charge on any atom is -0.493 e. The Kier molecular flexibility index (Phi) is 5.12. The van der Waals surface area contributed by atoms with Gasteiger partial charge < -0.3 is 19.5 Å². The van der Waals surface area contributed by atoms with Crippen LogP contribution in [0.2, 0.25) is 0 Å². The van der Waals surface area contributed by atoms with Crippen molar-refractivity contribution < 1.29 is 14.2 Å². The Morgan fingerprint density at radius 1 is 1.10 bits per heavy atom. The van der Waals surface area contributed by atoms with E-state index in [2.05, 4.69) is 24.4 Å². The van der Waals surface area contributed by atoms with Crippen molar-refractivity contribution in [3.63, 3.8) is 0 Å². The van der Waals surface area contributed by atoms with Crippen molar-refractivity contribution in [3.8, 4) is 17.2 Å². The molecule has 1 aromatic carbocycles. The van der Waals surface area contributed by atoms with E-state index in [4.69, 9.17) is 14.2 Å². The zero-order valence-electron chi connectivity index (χ0n) is 12.9. The van der Waals surface area contributed by atoms with Crippen LogP contribution in [0.4, 0.5) is 0 Å². The van der Waals surface area contributed by atoms with Gasteiger partial charge in [-0.25, -0.2) is 0 Å². The molecule has 0 radical (unpaired) electrons. The molecule has 0 spiro atoms. The van der Waals surface area contributed by atoms with Gasteiger partial charge in [0.15, 0.2) is 11.5 Å². The topological polar surface area (TPSA) is 39.7 Å². The van der Waals surface area contributed by atoms with Crippen LogP contribution in [0.1, 0.15) is 37.8 Å². The molecule has 20 heavy (non-hydrogen) atoms. The van der Waals surface area contributed by atoms with Gasteiger partial charge >= 0.3 is 0 Å². The van der Waals surface area contributed by atoms with E-state index in [1.165, 1.54) is 18.4 Å². The van der Waals surface area contributed by atoms with Gasteiger partial charge in [0, 0.05) is 6.04 Å². The number of ether oxygens (including phenoxy) is 3. The number of hydrogen-bond donors (Lipinski definition) is 1. The molecular formula is C16H25NO3. The van der Waals surface area contributed by atoms with Crippen molar-refractivity contribution >= 4 is 0 Å². The average molecular weight is 279 g/mol. The third kappa shape index (κ3) is 3.18. The van der Waals surface area contributed by atoms with Gasteiger partial charge in [0.25, 0.3) is 0 Å². The van der Waals surface area contributed by atoms with Gasteiger partial charge in [-0.1, -0.05) is 6.92 Å².